The number of hydrogen-bond acceptors (Lipinski definition) is 6. The van der Waals surface area contributed by atoms with Crippen molar-refractivity contribution in [3.05, 3.63) is 29.2 Å². The number of aryl methyl sites for hydroxylation is 2. The summed E-state index contributed by atoms with van der Waals surface area (Å²) in [6.45, 7) is 8.10. The predicted octanol–water partition coefficient (Wildman–Crippen LogP) is 2.41. The number of fused-ring (bicyclic) bond motifs is 1. The van der Waals surface area contributed by atoms with Crippen molar-refractivity contribution in [1.29, 1.82) is 0 Å². The van der Waals surface area contributed by atoms with Gasteiger partial charge in [-0.1, -0.05) is 13.8 Å². The lowest BCUT2D eigenvalue weighted by Crippen LogP contribution is -2.06. The van der Waals surface area contributed by atoms with E-state index in [0.717, 1.165) is 29.6 Å². The molecule has 7 heteroatoms. The summed E-state index contributed by atoms with van der Waals surface area (Å²) in [7, 11) is 0. The minimum Gasteiger partial charge on any atom is -0.493 e. The molecule has 0 saturated heterocycles. The topological polar surface area (TPSA) is 96.4 Å². The van der Waals surface area contributed by atoms with Gasteiger partial charge in [0.05, 0.1) is 23.1 Å². The molecule has 0 radical (unpaired) electrons. The van der Waals surface area contributed by atoms with Crippen LogP contribution < -0.4 is 0 Å². The quantitative estimate of drug-likeness (QED) is 0.771. The Hall–Kier alpha value is -2.70. The first-order valence-electron chi connectivity index (χ1n) is 7.48. The maximum absolute atomic E-state index is 9.86. The van der Waals surface area contributed by atoms with Gasteiger partial charge in [0.1, 0.15) is 11.4 Å². The van der Waals surface area contributed by atoms with Crippen molar-refractivity contribution in [3.8, 4) is 23.1 Å². The number of hydrogen-bond donors (Lipinski definition) is 2. The average molecular weight is 313 g/mol. The fourth-order valence-electron chi connectivity index (χ4n) is 2.55. The minimum absolute atomic E-state index is 0.182. The van der Waals surface area contributed by atoms with Crippen LogP contribution in [-0.2, 0) is 6.42 Å². The van der Waals surface area contributed by atoms with Gasteiger partial charge in [-0.05, 0) is 26.2 Å². The van der Waals surface area contributed by atoms with Gasteiger partial charge in [-0.25, -0.2) is 4.98 Å². The van der Waals surface area contributed by atoms with Crippen LogP contribution in [0.4, 0.5) is 0 Å². The summed E-state index contributed by atoms with van der Waals surface area (Å²) < 4.78 is 1.26. The van der Waals surface area contributed by atoms with Crippen LogP contribution in [0.1, 0.15) is 30.9 Å². The third-order valence-electron chi connectivity index (χ3n) is 3.58. The highest BCUT2D eigenvalue weighted by Gasteiger charge is 2.16. The monoisotopic (exact) mass is 313 g/mol. The fourth-order valence-corrected chi connectivity index (χ4v) is 2.55. The summed E-state index contributed by atoms with van der Waals surface area (Å²) in [6.07, 6.45) is 0.837. The lowest BCUT2D eigenvalue weighted by Gasteiger charge is -2.10. The van der Waals surface area contributed by atoms with Crippen LogP contribution in [-0.4, -0.2) is 34.8 Å². The normalized spacial score (nSPS) is 11.5. The summed E-state index contributed by atoms with van der Waals surface area (Å²) in [5, 5.41) is 23.7. The van der Waals surface area contributed by atoms with Gasteiger partial charge in [0.25, 0.3) is 0 Å². The maximum atomic E-state index is 9.86. The highest BCUT2D eigenvalue weighted by molar-refractivity contribution is 5.63. The largest absolute Gasteiger partial charge is 0.493 e. The molecule has 0 bridgehead atoms. The summed E-state index contributed by atoms with van der Waals surface area (Å²) in [5.41, 5.74) is 4.20. The van der Waals surface area contributed by atoms with Crippen molar-refractivity contribution in [2.24, 2.45) is 5.92 Å². The van der Waals surface area contributed by atoms with Crippen LogP contribution in [0.15, 0.2) is 12.1 Å². The highest BCUT2D eigenvalue weighted by Crippen LogP contribution is 2.25. The summed E-state index contributed by atoms with van der Waals surface area (Å²) in [6, 6.07) is 2.81. The van der Waals surface area contributed by atoms with Gasteiger partial charge >= 0.3 is 0 Å². The molecule has 3 heterocycles. The van der Waals surface area contributed by atoms with Crippen LogP contribution in [0.2, 0.25) is 0 Å². The number of aromatic nitrogens is 5. The van der Waals surface area contributed by atoms with Gasteiger partial charge in [-0.3, -0.25) is 4.98 Å². The highest BCUT2D eigenvalue weighted by atomic mass is 16.3. The first-order chi connectivity index (χ1) is 10.8. The third-order valence-corrected chi connectivity index (χ3v) is 3.58. The molecule has 0 aliphatic carbocycles. The molecule has 0 unspecified atom stereocenters. The van der Waals surface area contributed by atoms with Crippen molar-refractivity contribution in [1.82, 2.24) is 24.6 Å². The van der Waals surface area contributed by atoms with E-state index in [-0.39, 0.29) is 11.8 Å². The van der Waals surface area contributed by atoms with Gasteiger partial charge in [-0.2, -0.15) is 14.6 Å². The van der Waals surface area contributed by atoms with Gasteiger partial charge in [0.2, 0.25) is 11.8 Å². The second-order valence-corrected chi connectivity index (χ2v) is 6.06. The Bertz CT molecular complexity index is 886. The van der Waals surface area contributed by atoms with Crippen molar-refractivity contribution in [2.45, 2.75) is 34.1 Å². The molecule has 0 aromatic carbocycles. The molecule has 3 aromatic heterocycles. The SMILES string of the molecule is Cc1nc(C)c(-c2cc3nc(O)cc(O)n3n2)nc1CC(C)C. The van der Waals surface area contributed by atoms with E-state index in [0.29, 0.717) is 23.0 Å². The zero-order valence-corrected chi connectivity index (χ0v) is 13.6. The van der Waals surface area contributed by atoms with E-state index >= 15 is 0 Å². The molecular formula is C16H19N5O2. The Balaban J connectivity index is 2.16. The van der Waals surface area contributed by atoms with Crippen LogP contribution in [0.3, 0.4) is 0 Å². The van der Waals surface area contributed by atoms with Gasteiger partial charge in [0, 0.05) is 6.07 Å². The Kier molecular flexibility index (Phi) is 3.63. The zero-order chi connectivity index (χ0) is 16.7. The van der Waals surface area contributed by atoms with E-state index in [1.165, 1.54) is 4.52 Å². The molecule has 0 aliphatic rings. The standard InChI is InChI=1S/C16H19N5O2/c1-8(2)5-11-9(3)17-10(4)16(18-11)12-6-13-19-14(22)7-15(23)21(13)20-12/h6-8,23H,5H2,1-4H3,(H,19,22). The summed E-state index contributed by atoms with van der Waals surface area (Å²) in [5.74, 6) is 0.0369. The Morgan fingerprint density at radius 2 is 1.78 bits per heavy atom. The minimum atomic E-state index is -0.256. The molecule has 0 saturated carbocycles. The van der Waals surface area contributed by atoms with Gasteiger partial charge in [-0.15, -0.1) is 0 Å². The van der Waals surface area contributed by atoms with Crippen molar-refractivity contribution in [2.75, 3.05) is 0 Å². The first-order valence-corrected chi connectivity index (χ1v) is 7.48. The fraction of sp³-hybridized carbons (Fsp3) is 0.375. The third kappa shape index (κ3) is 2.81. The molecule has 3 aromatic rings. The predicted molar refractivity (Wildman–Crippen MR) is 85.4 cm³/mol. The summed E-state index contributed by atoms with van der Waals surface area (Å²) >= 11 is 0. The van der Waals surface area contributed by atoms with Crippen LogP contribution in [0, 0.1) is 19.8 Å². The van der Waals surface area contributed by atoms with Crippen molar-refractivity contribution < 1.29 is 10.2 Å². The van der Waals surface area contributed by atoms with Crippen LogP contribution >= 0.6 is 0 Å². The maximum Gasteiger partial charge on any atom is 0.219 e. The summed E-state index contributed by atoms with van der Waals surface area (Å²) in [4.78, 5) is 13.2. The Morgan fingerprint density at radius 1 is 1.04 bits per heavy atom. The number of nitrogens with zero attached hydrogens (tertiary/aromatic N) is 5. The van der Waals surface area contributed by atoms with Gasteiger partial charge in [0.15, 0.2) is 5.65 Å². The van der Waals surface area contributed by atoms with Crippen LogP contribution in [0.5, 0.6) is 11.8 Å². The number of aromatic hydroxyl groups is 2. The molecule has 23 heavy (non-hydrogen) atoms. The van der Waals surface area contributed by atoms with Crippen LogP contribution in [0.25, 0.3) is 17.0 Å². The smallest absolute Gasteiger partial charge is 0.219 e. The van der Waals surface area contributed by atoms with E-state index in [4.69, 9.17) is 4.98 Å². The molecule has 120 valence electrons. The Morgan fingerprint density at radius 3 is 2.48 bits per heavy atom. The molecule has 0 fully saturated rings. The molecule has 0 spiro atoms. The molecule has 3 rings (SSSR count). The lowest BCUT2D eigenvalue weighted by atomic mass is 10.1. The van der Waals surface area contributed by atoms with Crippen molar-refractivity contribution in [3.63, 3.8) is 0 Å². The average Bonchev–Trinajstić information content (AvgIpc) is 2.85. The first kappa shape index (κ1) is 15.2. The van der Waals surface area contributed by atoms with Gasteiger partial charge < -0.3 is 10.2 Å². The van der Waals surface area contributed by atoms with Crippen molar-refractivity contribution >= 4 is 5.65 Å². The van der Waals surface area contributed by atoms with E-state index in [9.17, 15) is 10.2 Å². The molecule has 2 N–H and O–H groups in total. The second kappa shape index (κ2) is 5.49. The molecule has 0 amide bonds. The lowest BCUT2D eigenvalue weighted by molar-refractivity contribution is 0.413. The van der Waals surface area contributed by atoms with E-state index in [2.05, 4.69) is 28.9 Å². The molecule has 0 atom stereocenters. The molecular weight excluding hydrogens is 294 g/mol. The number of rotatable bonds is 3. The second-order valence-electron chi connectivity index (χ2n) is 6.06. The zero-order valence-electron chi connectivity index (χ0n) is 13.6. The Labute approximate surface area is 133 Å². The molecule has 7 nitrogen and oxygen atoms in total. The van der Waals surface area contributed by atoms with E-state index in [1.807, 2.05) is 13.8 Å². The molecule has 0 aliphatic heterocycles. The van der Waals surface area contributed by atoms with E-state index < -0.39 is 0 Å². The van der Waals surface area contributed by atoms with E-state index in [1.54, 1.807) is 6.07 Å².